The van der Waals surface area contributed by atoms with Gasteiger partial charge in [-0.15, -0.1) is 0 Å². The zero-order valence-corrected chi connectivity index (χ0v) is 18.3. The van der Waals surface area contributed by atoms with Crippen molar-refractivity contribution in [1.29, 1.82) is 0 Å². The van der Waals surface area contributed by atoms with Gasteiger partial charge >= 0.3 is 0 Å². The predicted octanol–water partition coefficient (Wildman–Crippen LogP) is 4.09. The van der Waals surface area contributed by atoms with E-state index in [-0.39, 0.29) is 11.8 Å². The van der Waals surface area contributed by atoms with Crippen LogP contribution in [0.1, 0.15) is 32.3 Å². The number of hydrogen-bond donors (Lipinski definition) is 1. The van der Waals surface area contributed by atoms with Crippen LogP contribution in [-0.4, -0.2) is 47.6 Å². The first-order valence-electron chi connectivity index (χ1n) is 10.6. The van der Waals surface area contributed by atoms with E-state index in [2.05, 4.69) is 40.4 Å². The topological polar surface area (TPSA) is 75.2 Å². The summed E-state index contributed by atoms with van der Waals surface area (Å²) in [5, 5.41) is 5.87. The minimum atomic E-state index is -3.11. The largest absolute Gasteiger partial charge is 0.382 e. The molecular weight excluding hydrogens is 396 g/mol. The summed E-state index contributed by atoms with van der Waals surface area (Å²) >= 11 is 0. The highest BCUT2D eigenvalue weighted by Crippen LogP contribution is 2.32. The zero-order chi connectivity index (χ0) is 21.1. The SMILES string of the molecule is CCc1cncc(-c2cc(NC3CCN(S(=O)(=O)CC)CC3)c3cnccc3c2)c1. The Morgan fingerprint density at radius 2 is 1.83 bits per heavy atom. The summed E-state index contributed by atoms with van der Waals surface area (Å²) in [4.78, 5) is 8.71. The third-order valence-electron chi connectivity index (χ3n) is 5.86. The fourth-order valence-electron chi connectivity index (χ4n) is 4.00. The number of nitrogens with zero attached hydrogens (tertiary/aromatic N) is 3. The molecule has 0 amide bonds. The minimum Gasteiger partial charge on any atom is -0.382 e. The van der Waals surface area contributed by atoms with E-state index in [9.17, 15) is 8.42 Å². The summed E-state index contributed by atoms with van der Waals surface area (Å²) in [5.41, 5.74) is 4.46. The van der Waals surface area contributed by atoms with Crippen molar-refractivity contribution in [3.8, 4) is 11.1 Å². The molecule has 2 aromatic heterocycles. The van der Waals surface area contributed by atoms with Crippen LogP contribution in [0.5, 0.6) is 0 Å². The maximum absolute atomic E-state index is 12.1. The van der Waals surface area contributed by atoms with Crippen molar-refractivity contribution in [2.75, 3.05) is 24.2 Å². The zero-order valence-electron chi connectivity index (χ0n) is 17.5. The standard InChI is InChI=1S/C23H28N4O2S/c1-3-17-11-20(15-25-14-17)19-12-18-5-8-24-16-22(18)23(13-19)26-21-6-9-27(10-7-21)30(28,29)4-2/h5,8,11-16,21,26H,3-4,6-7,9-10H2,1-2H3. The van der Waals surface area contributed by atoms with Gasteiger partial charge in [0.05, 0.1) is 5.75 Å². The van der Waals surface area contributed by atoms with Gasteiger partial charge in [0.25, 0.3) is 0 Å². The number of fused-ring (bicyclic) bond motifs is 1. The Bertz CT molecular complexity index is 1140. The molecule has 3 aromatic rings. The highest BCUT2D eigenvalue weighted by Gasteiger charge is 2.26. The maximum atomic E-state index is 12.1. The monoisotopic (exact) mass is 424 g/mol. The Labute approximate surface area is 178 Å². The van der Waals surface area contributed by atoms with E-state index in [4.69, 9.17) is 0 Å². The number of hydrogen-bond acceptors (Lipinski definition) is 5. The minimum absolute atomic E-state index is 0.161. The van der Waals surface area contributed by atoms with Crippen LogP contribution < -0.4 is 5.32 Å². The summed E-state index contributed by atoms with van der Waals surface area (Å²) in [6.45, 7) is 4.95. The van der Waals surface area contributed by atoms with Crippen molar-refractivity contribution < 1.29 is 8.42 Å². The van der Waals surface area contributed by atoms with Crippen molar-refractivity contribution in [2.45, 2.75) is 39.2 Å². The van der Waals surface area contributed by atoms with Crippen LogP contribution in [0.25, 0.3) is 21.9 Å². The fourth-order valence-corrected chi connectivity index (χ4v) is 5.14. The van der Waals surface area contributed by atoms with E-state index in [1.54, 1.807) is 11.2 Å². The van der Waals surface area contributed by atoms with E-state index in [1.165, 1.54) is 5.56 Å². The number of aromatic nitrogens is 2. The van der Waals surface area contributed by atoms with Crippen LogP contribution in [0.15, 0.2) is 49.1 Å². The lowest BCUT2D eigenvalue weighted by Gasteiger charge is -2.32. The molecular formula is C23H28N4O2S. The molecule has 1 aromatic carbocycles. The molecule has 1 fully saturated rings. The summed E-state index contributed by atoms with van der Waals surface area (Å²) in [5.74, 6) is 0.161. The average molecular weight is 425 g/mol. The Balaban J connectivity index is 1.62. The number of nitrogens with one attached hydrogen (secondary N) is 1. The molecule has 0 radical (unpaired) electrons. The van der Waals surface area contributed by atoms with Gasteiger partial charge in [-0.1, -0.05) is 6.92 Å². The van der Waals surface area contributed by atoms with Gasteiger partial charge in [0.2, 0.25) is 10.0 Å². The molecule has 30 heavy (non-hydrogen) atoms. The van der Waals surface area contributed by atoms with Crippen molar-refractivity contribution in [3.63, 3.8) is 0 Å². The van der Waals surface area contributed by atoms with Gasteiger partial charge in [0.15, 0.2) is 0 Å². The van der Waals surface area contributed by atoms with E-state index in [0.717, 1.165) is 46.8 Å². The van der Waals surface area contributed by atoms with Gasteiger partial charge in [0.1, 0.15) is 0 Å². The number of rotatable bonds is 6. The molecule has 0 bridgehead atoms. The number of sulfonamides is 1. The van der Waals surface area contributed by atoms with Crippen LogP contribution in [0.2, 0.25) is 0 Å². The van der Waals surface area contributed by atoms with Gasteiger partial charge in [-0.3, -0.25) is 9.97 Å². The average Bonchev–Trinajstić information content (AvgIpc) is 2.79. The molecule has 1 N–H and O–H groups in total. The van der Waals surface area contributed by atoms with Crippen molar-refractivity contribution >= 4 is 26.5 Å². The molecule has 1 saturated heterocycles. The molecule has 0 atom stereocenters. The quantitative estimate of drug-likeness (QED) is 0.645. The molecule has 0 unspecified atom stereocenters. The lowest BCUT2D eigenvalue weighted by molar-refractivity contribution is 0.330. The molecule has 3 heterocycles. The van der Waals surface area contributed by atoms with Gasteiger partial charge in [0, 0.05) is 60.6 Å². The van der Waals surface area contributed by atoms with Crippen molar-refractivity contribution in [1.82, 2.24) is 14.3 Å². The molecule has 7 heteroatoms. The first kappa shape index (κ1) is 20.8. The van der Waals surface area contributed by atoms with E-state index >= 15 is 0 Å². The van der Waals surface area contributed by atoms with Crippen LogP contribution in [0.4, 0.5) is 5.69 Å². The Morgan fingerprint density at radius 1 is 1.03 bits per heavy atom. The van der Waals surface area contributed by atoms with E-state index < -0.39 is 10.0 Å². The number of pyridine rings is 2. The second kappa shape index (κ2) is 8.70. The maximum Gasteiger partial charge on any atom is 0.213 e. The second-order valence-electron chi connectivity index (χ2n) is 7.77. The molecule has 0 saturated carbocycles. The van der Waals surface area contributed by atoms with E-state index in [0.29, 0.717) is 13.1 Å². The third kappa shape index (κ3) is 4.32. The van der Waals surface area contributed by atoms with Crippen LogP contribution in [-0.2, 0) is 16.4 Å². The summed E-state index contributed by atoms with van der Waals surface area (Å²) in [6.07, 6.45) is 10.0. The number of aryl methyl sites for hydroxylation is 1. The predicted molar refractivity (Wildman–Crippen MR) is 122 cm³/mol. The van der Waals surface area contributed by atoms with Gasteiger partial charge in [-0.25, -0.2) is 12.7 Å². The normalized spacial score (nSPS) is 16.1. The summed E-state index contributed by atoms with van der Waals surface area (Å²) < 4.78 is 25.9. The van der Waals surface area contributed by atoms with Gasteiger partial charge in [-0.2, -0.15) is 0 Å². The molecule has 4 rings (SSSR count). The third-order valence-corrected chi connectivity index (χ3v) is 7.75. The Morgan fingerprint density at radius 3 is 2.57 bits per heavy atom. The Kier molecular flexibility index (Phi) is 6.01. The molecule has 6 nitrogen and oxygen atoms in total. The fraction of sp³-hybridized carbons (Fsp3) is 0.391. The highest BCUT2D eigenvalue weighted by molar-refractivity contribution is 7.89. The summed E-state index contributed by atoms with van der Waals surface area (Å²) in [7, 11) is -3.11. The Hall–Kier alpha value is -2.51. The van der Waals surface area contributed by atoms with Gasteiger partial charge in [-0.05, 0) is 67.0 Å². The van der Waals surface area contributed by atoms with Gasteiger partial charge < -0.3 is 5.32 Å². The second-order valence-corrected chi connectivity index (χ2v) is 10.0. The van der Waals surface area contributed by atoms with Crippen LogP contribution >= 0.6 is 0 Å². The molecule has 1 aliphatic heterocycles. The molecule has 158 valence electrons. The first-order chi connectivity index (χ1) is 14.5. The highest BCUT2D eigenvalue weighted by atomic mass is 32.2. The number of anilines is 1. The molecule has 1 aliphatic rings. The summed E-state index contributed by atoms with van der Waals surface area (Å²) in [6, 6.07) is 8.78. The van der Waals surface area contributed by atoms with Crippen molar-refractivity contribution in [3.05, 3.63) is 54.6 Å². The first-order valence-corrected chi connectivity index (χ1v) is 12.2. The molecule has 0 spiro atoms. The number of benzene rings is 1. The lowest BCUT2D eigenvalue weighted by Crippen LogP contribution is -2.42. The smallest absolute Gasteiger partial charge is 0.213 e. The number of piperidine rings is 1. The molecule has 0 aliphatic carbocycles. The van der Waals surface area contributed by atoms with Crippen molar-refractivity contribution in [2.24, 2.45) is 0 Å². The van der Waals surface area contributed by atoms with Crippen LogP contribution in [0, 0.1) is 0 Å². The van der Waals surface area contributed by atoms with Crippen LogP contribution in [0.3, 0.4) is 0 Å². The van der Waals surface area contributed by atoms with E-state index in [1.807, 2.05) is 30.9 Å². The lowest BCUT2D eigenvalue weighted by atomic mass is 9.99.